The van der Waals surface area contributed by atoms with Gasteiger partial charge in [0.15, 0.2) is 0 Å². The molecule has 14 nitrogen and oxygen atoms in total. The number of nitro benzene ring substituents is 2. The Labute approximate surface area is 162 Å². The van der Waals surface area contributed by atoms with Gasteiger partial charge >= 0.3 is 11.7 Å². The van der Waals surface area contributed by atoms with E-state index in [-0.39, 0.29) is 21.9 Å². The number of benzene rings is 2. The highest BCUT2D eigenvalue weighted by Crippen LogP contribution is 2.39. The SMILES string of the molecule is CN(C)/[N+]([O-])=N\Oc1cc(Nc2ccc(C(=O)O)cc2)c([N+](=O)[O-])cc1[N+](=O)[O-]. The summed E-state index contributed by atoms with van der Waals surface area (Å²) in [5, 5.41) is 49.7. The van der Waals surface area contributed by atoms with E-state index in [1.165, 1.54) is 38.4 Å². The summed E-state index contributed by atoms with van der Waals surface area (Å²) in [6, 6.07) is 6.83. The molecule has 0 unspecified atom stereocenters. The van der Waals surface area contributed by atoms with E-state index in [2.05, 4.69) is 10.6 Å². The molecule has 0 fully saturated rings. The number of nitrogens with one attached hydrogen (secondary N) is 1. The van der Waals surface area contributed by atoms with Crippen molar-refractivity contribution >= 4 is 28.7 Å². The first-order chi connectivity index (χ1) is 13.6. The van der Waals surface area contributed by atoms with Gasteiger partial charge < -0.3 is 15.6 Å². The van der Waals surface area contributed by atoms with E-state index < -0.39 is 32.9 Å². The second-order valence-electron chi connectivity index (χ2n) is 5.63. The van der Waals surface area contributed by atoms with Crippen LogP contribution < -0.4 is 10.2 Å². The maximum atomic E-state index is 11.4. The topological polar surface area (TPSA) is 187 Å². The number of carboxylic acid groups (broad SMARTS) is 1. The van der Waals surface area contributed by atoms with Crippen LogP contribution in [-0.4, -0.2) is 45.0 Å². The van der Waals surface area contributed by atoms with Gasteiger partial charge in [-0.1, -0.05) is 0 Å². The first-order valence-corrected chi connectivity index (χ1v) is 7.70. The van der Waals surface area contributed by atoms with E-state index in [4.69, 9.17) is 9.94 Å². The van der Waals surface area contributed by atoms with E-state index in [0.717, 1.165) is 11.1 Å². The third kappa shape index (κ3) is 5.03. The van der Waals surface area contributed by atoms with Crippen molar-refractivity contribution in [3.63, 3.8) is 0 Å². The molecular weight excluding hydrogens is 392 g/mol. The molecule has 0 radical (unpaired) electrons. The van der Waals surface area contributed by atoms with E-state index in [9.17, 15) is 30.2 Å². The van der Waals surface area contributed by atoms with Crippen molar-refractivity contribution in [2.24, 2.45) is 5.28 Å². The summed E-state index contributed by atoms with van der Waals surface area (Å²) >= 11 is 0. The number of anilines is 2. The monoisotopic (exact) mass is 406 g/mol. The van der Waals surface area contributed by atoms with Gasteiger partial charge in [-0.25, -0.2) is 4.79 Å². The Bertz CT molecular complexity index is 989. The summed E-state index contributed by atoms with van der Waals surface area (Å²) in [6.07, 6.45) is 0. The van der Waals surface area contributed by atoms with Gasteiger partial charge in [-0.05, 0) is 24.3 Å². The molecule has 0 aliphatic rings. The standard InChI is InChI=1S/C15H14N6O8/c1-18(2)21(28)17-29-14-7-11(12(19(24)25)8-13(14)20(26)27)16-10-5-3-9(4-6-10)15(22)23/h3-8,16H,1-2H3,(H,22,23)/b21-17+. The molecule has 0 aliphatic carbocycles. The van der Waals surface area contributed by atoms with E-state index in [1.54, 1.807) is 0 Å². The molecule has 0 amide bonds. The van der Waals surface area contributed by atoms with Crippen molar-refractivity contribution in [1.82, 2.24) is 5.01 Å². The smallest absolute Gasteiger partial charge is 0.335 e. The molecule has 2 rings (SSSR count). The molecule has 0 saturated heterocycles. The number of aromatic carboxylic acids is 1. The third-order valence-electron chi connectivity index (χ3n) is 3.43. The highest BCUT2D eigenvalue weighted by molar-refractivity contribution is 5.88. The zero-order valence-corrected chi connectivity index (χ0v) is 15.0. The van der Waals surface area contributed by atoms with Crippen LogP contribution in [0.4, 0.5) is 22.7 Å². The van der Waals surface area contributed by atoms with Crippen molar-refractivity contribution < 1.29 is 29.6 Å². The summed E-state index contributed by atoms with van der Waals surface area (Å²) in [4.78, 5) is 36.5. The summed E-state index contributed by atoms with van der Waals surface area (Å²) in [6.45, 7) is 0. The fraction of sp³-hybridized carbons (Fsp3) is 0.133. The Kier molecular flexibility index (Phi) is 6.08. The Morgan fingerprint density at radius 1 is 1.07 bits per heavy atom. The van der Waals surface area contributed by atoms with E-state index in [1.807, 2.05) is 0 Å². The first-order valence-electron chi connectivity index (χ1n) is 7.70. The molecule has 2 aromatic carbocycles. The van der Waals surface area contributed by atoms with Crippen molar-refractivity contribution in [2.45, 2.75) is 0 Å². The minimum absolute atomic E-state index is 0.00284. The van der Waals surface area contributed by atoms with Gasteiger partial charge in [-0.2, -0.15) is 5.01 Å². The molecule has 29 heavy (non-hydrogen) atoms. The highest BCUT2D eigenvalue weighted by Gasteiger charge is 2.27. The Morgan fingerprint density at radius 2 is 1.66 bits per heavy atom. The fourth-order valence-electron chi connectivity index (χ4n) is 2.03. The number of rotatable bonds is 8. The molecule has 0 saturated carbocycles. The summed E-state index contributed by atoms with van der Waals surface area (Å²) < 4.78 is 0. The normalized spacial score (nSPS) is 10.9. The van der Waals surface area contributed by atoms with Crippen LogP contribution in [0.3, 0.4) is 0 Å². The van der Waals surface area contributed by atoms with Crippen LogP contribution in [0.2, 0.25) is 0 Å². The number of nitrogens with zero attached hydrogens (tertiary/aromatic N) is 5. The predicted molar refractivity (Wildman–Crippen MR) is 96.8 cm³/mol. The average molecular weight is 406 g/mol. The first kappa shape index (κ1) is 20.8. The Balaban J connectivity index is 2.49. The molecule has 0 bridgehead atoms. The number of hydrazine groups is 1. The van der Waals surface area contributed by atoms with Crippen LogP contribution in [-0.2, 0) is 0 Å². The molecule has 0 atom stereocenters. The predicted octanol–water partition coefficient (Wildman–Crippen LogP) is 2.68. The van der Waals surface area contributed by atoms with Crippen LogP contribution in [0.25, 0.3) is 0 Å². The Morgan fingerprint density at radius 3 is 2.14 bits per heavy atom. The average Bonchev–Trinajstić information content (AvgIpc) is 2.65. The molecule has 2 aromatic rings. The number of carbonyl (C=O) groups is 1. The second kappa shape index (κ2) is 8.47. The molecule has 2 N–H and O–H groups in total. The number of hydrogen-bond acceptors (Lipinski definition) is 9. The lowest BCUT2D eigenvalue weighted by atomic mass is 10.2. The van der Waals surface area contributed by atoms with Gasteiger partial charge in [0, 0.05) is 11.8 Å². The molecule has 0 spiro atoms. The van der Waals surface area contributed by atoms with Gasteiger partial charge in [-0.15, -0.1) is 0 Å². The van der Waals surface area contributed by atoms with Gasteiger partial charge in [0.05, 0.1) is 34.5 Å². The maximum absolute atomic E-state index is 11.4. The molecule has 0 heterocycles. The van der Waals surface area contributed by atoms with Crippen molar-refractivity contribution in [3.05, 3.63) is 67.4 Å². The molecule has 0 aromatic heterocycles. The maximum Gasteiger partial charge on any atom is 0.335 e. The third-order valence-corrected chi connectivity index (χ3v) is 3.43. The lowest BCUT2D eigenvalue weighted by molar-refractivity contribution is -0.695. The summed E-state index contributed by atoms with van der Waals surface area (Å²) in [5.41, 5.74) is -1.35. The summed E-state index contributed by atoms with van der Waals surface area (Å²) in [7, 11) is 2.69. The Hall–Kier alpha value is -4.49. The van der Waals surface area contributed by atoms with E-state index in [0.29, 0.717) is 6.07 Å². The molecule has 0 aliphatic heterocycles. The van der Waals surface area contributed by atoms with Crippen LogP contribution in [0.15, 0.2) is 41.7 Å². The van der Waals surface area contributed by atoms with Crippen molar-refractivity contribution in [2.75, 3.05) is 19.4 Å². The second-order valence-corrected chi connectivity index (χ2v) is 5.63. The minimum atomic E-state index is -1.15. The lowest BCUT2D eigenvalue weighted by Gasteiger charge is -2.09. The molecular formula is C15H14N6O8. The van der Waals surface area contributed by atoms with Crippen molar-refractivity contribution in [1.29, 1.82) is 0 Å². The highest BCUT2D eigenvalue weighted by atomic mass is 16.7. The largest absolute Gasteiger partial charge is 0.569 e. The van der Waals surface area contributed by atoms with Crippen LogP contribution in [0, 0.1) is 25.4 Å². The van der Waals surface area contributed by atoms with Crippen LogP contribution >= 0.6 is 0 Å². The summed E-state index contributed by atoms with van der Waals surface area (Å²) in [5.74, 6) is -1.67. The quantitative estimate of drug-likeness (QED) is 0.285. The number of hydrogen-bond donors (Lipinski definition) is 2. The zero-order chi connectivity index (χ0) is 21.7. The number of carboxylic acids is 1. The minimum Gasteiger partial charge on any atom is -0.569 e. The van der Waals surface area contributed by atoms with E-state index >= 15 is 0 Å². The number of nitro groups is 2. The van der Waals surface area contributed by atoms with Crippen LogP contribution in [0.5, 0.6) is 5.75 Å². The van der Waals surface area contributed by atoms with Crippen molar-refractivity contribution in [3.8, 4) is 5.75 Å². The molecule has 152 valence electrons. The molecule has 14 heteroatoms. The van der Waals surface area contributed by atoms with Crippen LogP contribution in [0.1, 0.15) is 10.4 Å². The van der Waals surface area contributed by atoms with Gasteiger partial charge in [0.25, 0.3) is 5.69 Å². The van der Waals surface area contributed by atoms with Gasteiger partial charge in [-0.3, -0.25) is 25.1 Å². The van der Waals surface area contributed by atoms with Gasteiger partial charge in [0.1, 0.15) is 11.8 Å². The fourth-order valence-corrected chi connectivity index (χ4v) is 2.03. The lowest BCUT2D eigenvalue weighted by Crippen LogP contribution is -2.21. The zero-order valence-electron chi connectivity index (χ0n) is 15.0. The van der Waals surface area contributed by atoms with Gasteiger partial charge in [0.2, 0.25) is 11.0 Å².